The normalized spacial score (nSPS) is 19.6. The molecule has 104 valence electrons. The SMILES string of the molecule is CC(C)(C)OC(=O)N1CCC(c2cncc(Br)n2)C1. The standard InChI is InChI=1S/C13H18BrN3O2/c1-13(2,3)19-12(18)17-5-4-9(8-17)10-6-15-7-11(14)16-10/h6-7,9H,4-5,8H2,1-3H3. The van der Waals surface area contributed by atoms with Crippen LogP contribution < -0.4 is 0 Å². The molecule has 0 radical (unpaired) electrons. The molecular formula is C13H18BrN3O2. The molecule has 0 N–H and O–H groups in total. The molecule has 2 heterocycles. The van der Waals surface area contributed by atoms with Crippen LogP contribution in [0.15, 0.2) is 17.0 Å². The summed E-state index contributed by atoms with van der Waals surface area (Å²) in [5, 5.41) is 0. The van der Waals surface area contributed by atoms with Gasteiger partial charge in [-0.3, -0.25) is 4.98 Å². The van der Waals surface area contributed by atoms with Crippen LogP contribution in [-0.4, -0.2) is 39.7 Å². The Balaban J connectivity index is 1.98. The quantitative estimate of drug-likeness (QED) is 0.795. The Morgan fingerprint density at radius 2 is 2.21 bits per heavy atom. The van der Waals surface area contributed by atoms with Crippen LogP contribution in [0.2, 0.25) is 0 Å². The van der Waals surface area contributed by atoms with E-state index in [1.54, 1.807) is 17.3 Å². The molecule has 1 fully saturated rings. The second kappa shape index (κ2) is 5.45. The molecule has 0 saturated carbocycles. The Morgan fingerprint density at radius 1 is 1.47 bits per heavy atom. The van der Waals surface area contributed by atoms with Gasteiger partial charge >= 0.3 is 6.09 Å². The van der Waals surface area contributed by atoms with Crippen LogP contribution in [0.25, 0.3) is 0 Å². The molecule has 2 rings (SSSR count). The highest BCUT2D eigenvalue weighted by molar-refractivity contribution is 9.10. The van der Waals surface area contributed by atoms with Gasteiger partial charge in [-0.15, -0.1) is 0 Å². The lowest BCUT2D eigenvalue weighted by Crippen LogP contribution is -2.35. The van der Waals surface area contributed by atoms with E-state index < -0.39 is 5.60 Å². The van der Waals surface area contributed by atoms with Crippen molar-refractivity contribution in [1.82, 2.24) is 14.9 Å². The first kappa shape index (κ1) is 14.2. The number of likely N-dealkylation sites (tertiary alicyclic amines) is 1. The summed E-state index contributed by atoms with van der Waals surface area (Å²) < 4.78 is 6.09. The topological polar surface area (TPSA) is 55.3 Å². The van der Waals surface area contributed by atoms with Gasteiger partial charge in [0.05, 0.1) is 11.9 Å². The summed E-state index contributed by atoms with van der Waals surface area (Å²) in [4.78, 5) is 22.2. The Bertz CT molecular complexity index is 473. The molecule has 1 aliphatic heterocycles. The predicted molar refractivity (Wildman–Crippen MR) is 74.9 cm³/mol. The van der Waals surface area contributed by atoms with Gasteiger partial charge in [-0.05, 0) is 43.1 Å². The first-order chi connectivity index (χ1) is 8.85. The molecule has 1 saturated heterocycles. The van der Waals surface area contributed by atoms with Crippen LogP contribution in [0.5, 0.6) is 0 Å². The lowest BCUT2D eigenvalue weighted by atomic mass is 10.1. The van der Waals surface area contributed by atoms with Crippen LogP contribution >= 0.6 is 15.9 Å². The number of hydrogen-bond donors (Lipinski definition) is 0. The fourth-order valence-electron chi connectivity index (χ4n) is 2.05. The average molecular weight is 328 g/mol. The van der Waals surface area contributed by atoms with Crippen molar-refractivity contribution in [2.75, 3.05) is 13.1 Å². The van der Waals surface area contributed by atoms with Crippen molar-refractivity contribution in [2.45, 2.75) is 38.7 Å². The summed E-state index contributed by atoms with van der Waals surface area (Å²) in [5.74, 6) is 0.234. The maximum Gasteiger partial charge on any atom is 0.410 e. The van der Waals surface area contributed by atoms with Crippen molar-refractivity contribution in [2.24, 2.45) is 0 Å². The maximum absolute atomic E-state index is 12.0. The van der Waals surface area contributed by atoms with Crippen LogP contribution in [0.1, 0.15) is 38.8 Å². The van der Waals surface area contributed by atoms with Crippen LogP contribution in [0.4, 0.5) is 4.79 Å². The van der Waals surface area contributed by atoms with E-state index in [2.05, 4.69) is 25.9 Å². The molecule has 6 heteroatoms. The molecule has 0 aliphatic carbocycles. The summed E-state index contributed by atoms with van der Waals surface area (Å²) in [5.41, 5.74) is 0.463. The number of halogens is 1. The largest absolute Gasteiger partial charge is 0.444 e. The summed E-state index contributed by atoms with van der Waals surface area (Å²) in [7, 11) is 0. The minimum atomic E-state index is -0.454. The summed E-state index contributed by atoms with van der Waals surface area (Å²) >= 11 is 3.31. The Kier molecular flexibility index (Phi) is 4.08. The molecular weight excluding hydrogens is 310 g/mol. The van der Waals surface area contributed by atoms with Gasteiger partial charge in [-0.2, -0.15) is 0 Å². The number of nitrogens with zero attached hydrogens (tertiary/aromatic N) is 3. The van der Waals surface area contributed by atoms with Crippen LogP contribution in [-0.2, 0) is 4.74 Å². The number of rotatable bonds is 1. The first-order valence-electron chi connectivity index (χ1n) is 6.30. The van der Waals surface area contributed by atoms with Gasteiger partial charge in [-0.1, -0.05) is 0 Å². The van der Waals surface area contributed by atoms with Crippen molar-refractivity contribution in [3.8, 4) is 0 Å². The van der Waals surface area contributed by atoms with Crippen molar-refractivity contribution >= 4 is 22.0 Å². The van der Waals surface area contributed by atoms with Gasteiger partial charge in [0.2, 0.25) is 0 Å². The lowest BCUT2D eigenvalue weighted by molar-refractivity contribution is 0.0292. The molecule has 19 heavy (non-hydrogen) atoms. The van der Waals surface area contributed by atoms with E-state index in [0.717, 1.165) is 16.7 Å². The van der Waals surface area contributed by atoms with Gasteiger partial charge in [0, 0.05) is 25.2 Å². The monoisotopic (exact) mass is 327 g/mol. The smallest absolute Gasteiger partial charge is 0.410 e. The van der Waals surface area contributed by atoms with E-state index in [0.29, 0.717) is 13.1 Å². The predicted octanol–water partition coefficient (Wildman–Crippen LogP) is 2.96. The minimum Gasteiger partial charge on any atom is -0.444 e. The lowest BCUT2D eigenvalue weighted by Gasteiger charge is -2.24. The van der Waals surface area contributed by atoms with Gasteiger partial charge in [0.15, 0.2) is 0 Å². The number of carbonyl (C=O) groups is 1. The number of ether oxygens (including phenoxy) is 1. The molecule has 0 spiro atoms. The third-order valence-corrected chi connectivity index (χ3v) is 3.26. The highest BCUT2D eigenvalue weighted by Gasteiger charge is 2.31. The van der Waals surface area contributed by atoms with E-state index in [-0.39, 0.29) is 12.0 Å². The van der Waals surface area contributed by atoms with E-state index in [4.69, 9.17) is 4.74 Å². The number of aromatic nitrogens is 2. The summed E-state index contributed by atoms with van der Waals surface area (Å²) in [6, 6.07) is 0. The molecule has 0 bridgehead atoms. The average Bonchev–Trinajstić information content (AvgIpc) is 2.75. The zero-order chi connectivity index (χ0) is 14.0. The Morgan fingerprint density at radius 3 is 2.84 bits per heavy atom. The van der Waals surface area contributed by atoms with Crippen LogP contribution in [0.3, 0.4) is 0 Å². The first-order valence-corrected chi connectivity index (χ1v) is 7.10. The van der Waals surface area contributed by atoms with E-state index in [9.17, 15) is 4.79 Å². The molecule has 1 amide bonds. The summed E-state index contributed by atoms with van der Waals surface area (Å²) in [6.45, 7) is 6.96. The molecule has 1 aromatic heterocycles. The van der Waals surface area contributed by atoms with E-state index in [1.165, 1.54) is 0 Å². The van der Waals surface area contributed by atoms with Crippen molar-refractivity contribution in [3.63, 3.8) is 0 Å². The Labute approximate surface area is 121 Å². The minimum absolute atomic E-state index is 0.234. The third-order valence-electron chi connectivity index (χ3n) is 2.88. The number of carbonyl (C=O) groups excluding carboxylic acids is 1. The summed E-state index contributed by atoms with van der Waals surface area (Å²) in [6.07, 6.45) is 4.06. The molecule has 0 aromatic carbocycles. The zero-order valence-corrected chi connectivity index (χ0v) is 13.0. The van der Waals surface area contributed by atoms with E-state index >= 15 is 0 Å². The zero-order valence-electron chi connectivity index (χ0n) is 11.4. The van der Waals surface area contributed by atoms with Gasteiger partial charge in [-0.25, -0.2) is 9.78 Å². The molecule has 1 atom stereocenters. The third kappa shape index (κ3) is 3.89. The second-order valence-electron chi connectivity index (χ2n) is 5.68. The molecule has 1 aliphatic rings. The molecule has 1 aromatic rings. The van der Waals surface area contributed by atoms with Crippen LogP contribution in [0, 0.1) is 0 Å². The van der Waals surface area contributed by atoms with Gasteiger partial charge < -0.3 is 9.64 Å². The number of amides is 1. The fourth-order valence-corrected chi connectivity index (χ4v) is 2.37. The van der Waals surface area contributed by atoms with Gasteiger partial charge in [0.1, 0.15) is 10.2 Å². The highest BCUT2D eigenvalue weighted by atomic mass is 79.9. The Hall–Kier alpha value is -1.17. The molecule has 5 nitrogen and oxygen atoms in total. The fraction of sp³-hybridized carbons (Fsp3) is 0.615. The number of hydrogen-bond acceptors (Lipinski definition) is 4. The molecule has 1 unspecified atom stereocenters. The van der Waals surface area contributed by atoms with Crippen molar-refractivity contribution in [3.05, 3.63) is 22.7 Å². The highest BCUT2D eigenvalue weighted by Crippen LogP contribution is 2.27. The van der Waals surface area contributed by atoms with E-state index in [1.807, 2.05) is 20.8 Å². The second-order valence-corrected chi connectivity index (χ2v) is 6.49. The maximum atomic E-state index is 12.0. The van der Waals surface area contributed by atoms with Gasteiger partial charge in [0.25, 0.3) is 0 Å². The van der Waals surface area contributed by atoms with Crippen molar-refractivity contribution in [1.29, 1.82) is 0 Å². The van der Waals surface area contributed by atoms with Crippen molar-refractivity contribution < 1.29 is 9.53 Å².